The van der Waals surface area contributed by atoms with E-state index >= 15 is 0 Å². The SMILES string of the molecule is O=C1CCN(c2cccc3c(C(=O)O)[nH]nc23)C(=O)N1. The minimum Gasteiger partial charge on any atom is -0.477 e. The topological polar surface area (TPSA) is 115 Å². The predicted octanol–water partition coefficient (Wildman–Crippen LogP) is 0.707. The van der Waals surface area contributed by atoms with Crippen molar-refractivity contribution in [2.45, 2.75) is 6.42 Å². The van der Waals surface area contributed by atoms with Gasteiger partial charge in [0.25, 0.3) is 0 Å². The molecule has 8 nitrogen and oxygen atoms in total. The second-order valence-corrected chi connectivity index (χ2v) is 4.33. The van der Waals surface area contributed by atoms with Gasteiger partial charge < -0.3 is 5.11 Å². The third-order valence-electron chi connectivity index (χ3n) is 3.12. The van der Waals surface area contributed by atoms with Gasteiger partial charge in [-0.25, -0.2) is 9.59 Å². The molecule has 0 atom stereocenters. The lowest BCUT2D eigenvalue weighted by molar-refractivity contribution is -0.120. The van der Waals surface area contributed by atoms with Crippen LogP contribution >= 0.6 is 0 Å². The van der Waals surface area contributed by atoms with Gasteiger partial charge in [-0.05, 0) is 6.07 Å². The molecule has 0 aliphatic carbocycles. The average Bonchev–Trinajstić information content (AvgIpc) is 2.82. The molecule has 1 aromatic heterocycles. The summed E-state index contributed by atoms with van der Waals surface area (Å²) in [5.74, 6) is -1.45. The number of nitrogens with zero attached hydrogens (tertiary/aromatic N) is 2. The van der Waals surface area contributed by atoms with E-state index in [4.69, 9.17) is 5.11 Å². The van der Waals surface area contributed by atoms with Gasteiger partial charge in [-0.15, -0.1) is 0 Å². The number of amides is 3. The number of carbonyl (C=O) groups excluding carboxylic acids is 2. The summed E-state index contributed by atoms with van der Waals surface area (Å²) in [7, 11) is 0. The first kappa shape index (κ1) is 12.2. The van der Waals surface area contributed by atoms with Crippen LogP contribution in [0.2, 0.25) is 0 Å². The molecule has 1 aliphatic heterocycles. The summed E-state index contributed by atoms with van der Waals surface area (Å²) in [5, 5.41) is 18.1. The first-order valence-electron chi connectivity index (χ1n) is 5.89. The maximum absolute atomic E-state index is 11.8. The summed E-state index contributed by atoms with van der Waals surface area (Å²) in [5.41, 5.74) is 0.820. The van der Waals surface area contributed by atoms with E-state index in [2.05, 4.69) is 15.5 Å². The largest absolute Gasteiger partial charge is 0.477 e. The maximum atomic E-state index is 11.8. The molecule has 0 saturated carbocycles. The highest BCUT2D eigenvalue weighted by molar-refractivity contribution is 6.11. The Kier molecular flexibility index (Phi) is 2.63. The van der Waals surface area contributed by atoms with Crippen LogP contribution in [0.5, 0.6) is 0 Å². The number of carboxylic acids is 1. The zero-order chi connectivity index (χ0) is 14.3. The standard InChI is InChI=1S/C12H10N4O4/c17-8-4-5-16(12(20)13-8)7-3-1-2-6-9(7)14-15-10(6)11(18)19/h1-3H,4-5H2,(H,14,15)(H,18,19)(H,13,17,20). The molecule has 2 heterocycles. The molecule has 102 valence electrons. The highest BCUT2D eigenvalue weighted by Crippen LogP contribution is 2.28. The molecule has 0 radical (unpaired) electrons. The van der Waals surface area contributed by atoms with Crippen LogP contribution in [-0.4, -0.2) is 39.8 Å². The van der Waals surface area contributed by atoms with Crippen LogP contribution < -0.4 is 10.2 Å². The minimum absolute atomic E-state index is 0.0321. The molecule has 3 amide bonds. The number of rotatable bonds is 2. The average molecular weight is 274 g/mol. The molecule has 3 rings (SSSR count). The summed E-state index contributed by atoms with van der Waals surface area (Å²) >= 11 is 0. The van der Waals surface area contributed by atoms with Crippen molar-refractivity contribution in [3.63, 3.8) is 0 Å². The number of H-pyrrole nitrogens is 1. The number of imide groups is 1. The fourth-order valence-electron chi connectivity index (χ4n) is 2.20. The van der Waals surface area contributed by atoms with E-state index in [-0.39, 0.29) is 24.6 Å². The maximum Gasteiger partial charge on any atom is 0.354 e. The third-order valence-corrected chi connectivity index (χ3v) is 3.12. The van der Waals surface area contributed by atoms with Crippen molar-refractivity contribution in [2.75, 3.05) is 11.4 Å². The van der Waals surface area contributed by atoms with Gasteiger partial charge >= 0.3 is 12.0 Å². The fourth-order valence-corrected chi connectivity index (χ4v) is 2.20. The van der Waals surface area contributed by atoms with E-state index in [1.54, 1.807) is 18.2 Å². The number of carboxylic acid groups (broad SMARTS) is 1. The molecular weight excluding hydrogens is 264 g/mol. The molecule has 2 aromatic rings. The summed E-state index contributed by atoms with van der Waals surface area (Å²) in [6.45, 7) is 0.235. The van der Waals surface area contributed by atoms with E-state index in [9.17, 15) is 14.4 Å². The Hall–Kier alpha value is -2.90. The van der Waals surface area contributed by atoms with E-state index in [1.807, 2.05) is 0 Å². The smallest absolute Gasteiger partial charge is 0.354 e. The number of nitrogens with one attached hydrogen (secondary N) is 2. The van der Waals surface area contributed by atoms with Crippen molar-refractivity contribution in [3.05, 3.63) is 23.9 Å². The molecule has 0 spiro atoms. The summed E-state index contributed by atoms with van der Waals surface area (Å²) < 4.78 is 0. The zero-order valence-electron chi connectivity index (χ0n) is 10.2. The molecule has 1 aliphatic rings. The molecule has 20 heavy (non-hydrogen) atoms. The molecule has 1 saturated heterocycles. The number of hydrogen-bond donors (Lipinski definition) is 3. The number of hydrogen-bond acceptors (Lipinski definition) is 4. The number of aromatic amines is 1. The minimum atomic E-state index is -1.12. The Balaban J connectivity index is 2.10. The summed E-state index contributed by atoms with van der Waals surface area (Å²) in [4.78, 5) is 35.4. The summed E-state index contributed by atoms with van der Waals surface area (Å²) in [6, 6.07) is 4.38. The number of anilines is 1. The lowest BCUT2D eigenvalue weighted by Crippen LogP contribution is -2.49. The molecule has 1 aromatic carbocycles. The third kappa shape index (κ3) is 1.78. The zero-order valence-corrected chi connectivity index (χ0v) is 10.2. The second-order valence-electron chi connectivity index (χ2n) is 4.33. The lowest BCUT2D eigenvalue weighted by Gasteiger charge is -2.26. The van der Waals surface area contributed by atoms with Gasteiger partial charge in [0.05, 0.1) is 5.69 Å². The van der Waals surface area contributed by atoms with E-state index in [0.29, 0.717) is 16.6 Å². The van der Waals surface area contributed by atoms with Crippen LogP contribution in [0.4, 0.5) is 10.5 Å². The number of benzene rings is 1. The Morgan fingerprint density at radius 3 is 2.85 bits per heavy atom. The van der Waals surface area contributed by atoms with Crippen molar-refractivity contribution in [1.29, 1.82) is 0 Å². The fraction of sp³-hybridized carbons (Fsp3) is 0.167. The van der Waals surface area contributed by atoms with Crippen molar-refractivity contribution in [1.82, 2.24) is 15.5 Å². The predicted molar refractivity (Wildman–Crippen MR) is 68.6 cm³/mol. The normalized spacial score (nSPS) is 15.5. The number of fused-ring (bicyclic) bond motifs is 1. The van der Waals surface area contributed by atoms with Gasteiger partial charge in [-0.2, -0.15) is 5.10 Å². The van der Waals surface area contributed by atoms with Crippen molar-refractivity contribution < 1.29 is 19.5 Å². The number of aromatic carboxylic acids is 1. The highest BCUT2D eigenvalue weighted by Gasteiger charge is 2.27. The van der Waals surface area contributed by atoms with Crippen molar-refractivity contribution in [2.24, 2.45) is 0 Å². The Morgan fingerprint density at radius 1 is 1.35 bits per heavy atom. The number of para-hydroxylation sites is 1. The van der Waals surface area contributed by atoms with Gasteiger partial charge in [0.2, 0.25) is 5.91 Å². The second kappa shape index (κ2) is 4.34. The molecule has 0 bridgehead atoms. The van der Waals surface area contributed by atoms with E-state index in [1.165, 1.54) is 4.90 Å². The van der Waals surface area contributed by atoms with Gasteiger partial charge in [-0.1, -0.05) is 12.1 Å². The Labute approximate surface area is 112 Å². The molecular formula is C12H10N4O4. The van der Waals surface area contributed by atoms with Crippen LogP contribution in [0, 0.1) is 0 Å². The highest BCUT2D eigenvalue weighted by atomic mass is 16.4. The van der Waals surface area contributed by atoms with Gasteiger partial charge in [0, 0.05) is 18.4 Å². The van der Waals surface area contributed by atoms with Crippen molar-refractivity contribution in [3.8, 4) is 0 Å². The molecule has 8 heteroatoms. The Morgan fingerprint density at radius 2 is 2.15 bits per heavy atom. The van der Waals surface area contributed by atoms with Crippen LogP contribution in [0.3, 0.4) is 0 Å². The number of carbonyl (C=O) groups is 3. The first-order valence-corrected chi connectivity index (χ1v) is 5.89. The van der Waals surface area contributed by atoms with Crippen LogP contribution in [-0.2, 0) is 4.79 Å². The molecule has 1 fully saturated rings. The van der Waals surface area contributed by atoms with Crippen LogP contribution in [0.15, 0.2) is 18.2 Å². The quantitative estimate of drug-likeness (QED) is 0.745. The van der Waals surface area contributed by atoms with E-state index in [0.717, 1.165) is 0 Å². The lowest BCUT2D eigenvalue weighted by atomic mass is 10.1. The summed E-state index contributed by atoms with van der Waals surface area (Å²) in [6.07, 6.45) is 0.193. The van der Waals surface area contributed by atoms with Gasteiger partial charge in [-0.3, -0.25) is 20.1 Å². The van der Waals surface area contributed by atoms with Gasteiger partial charge in [0.1, 0.15) is 5.52 Å². The first-order chi connectivity index (χ1) is 9.58. The van der Waals surface area contributed by atoms with Crippen molar-refractivity contribution >= 4 is 34.5 Å². The molecule has 3 N–H and O–H groups in total. The van der Waals surface area contributed by atoms with E-state index < -0.39 is 12.0 Å². The molecule has 0 unspecified atom stereocenters. The number of aromatic nitrogens is 2. The van der Waals surface area contributed by atoms with Crippen LogP contribution in [0.25, 0.3) is 10.9 Å². The Bertz CT molecular complexity index is 736. The number of urea groups is 1. The van der Waals surface area contributed by atoms with Crippen LogP contribution in [0.1, 0.15) is 16.9 Å². The monoisotopic (exact) mass is 274 g/mol. The van der Waals surface area contributed by atoms with Gasteiger partial charge in [0.15, 0.2) is 5.69 Å².